The second-order valence-corrected chi connectivity index (χ2v) is 6.27. The van der Waals surface area contributed by atoms with E-state index in [4.69, 9.17) is 36.0 Å². The van der Waals surface area contributed by atoms with Gasteiger partial charge < -0.3 is 5.32 Å². The third-order valence-electron chi connectivity index (χ3n) is 3.09. The summed E-state index contributed by atoms with van der Waals surface area (Å²) in [5, 5.41) is 8.52. The van der Waals surface area contributed by atoms with Crippen molar-refractivity contribution in [3.8, 4) is 0 Å². The number of hydrogen-bond acceptors (Lipinski definition) is 4. The maximum absolute atomic E-state index is 5.93. The van der Waals surface area contributed by atoms with Gasteiger partial charge in [0.15, 0.2) is 5.11 Å². The minimum absolute atomic E-state index is 0.271. The number of hydrogen-bond donors (Lipinski definition) is 4. The monoisotopic (exact) mass is 392 g/mol. The van der Waals surface area contributed by atoms with Crippen LogP contribution in [0, 0.1) is 6.92 Å². The fourth-order valence-corrected chi connectivity index (χ4v) is 2.32. The number of aryl methyl sites for hydroxylation is 1. The molecule has 2 rings (SSSR count). The Morgan fingerprint density at radius 3 is 2.56 bits per heavy atom. The molecule has 9 heteroatoms. The number of thiocarbonyl (C=S) groups is 2. The first-order valence-corrected chi connectivity index (χ1v) is 8.50. The highest BCUT2D eigenvalue weighted by Gasteiger charge is 2.03. The summed E-state index contributed by atoms with van der Waals surface area (Å²) in [6.07, 6.45) is 1.70. The summed E-state index contributed by atoms with van der Waals surface area (Å²) in [5.74, 6) is 0. The Balaban J connectivity index is 1.80. The first kappa shape index (κ1) is 19.0. The van der Waals surface area contributed by atoms with Gasteiger partial charge in [-0.05, 0) is 74.2 Å². The molecule has 0 aliphatic carbocycles. The van der Waals surface area contributed by atoms with E-state index < -0.39 is 0 Å². The van der Waals surface area contributed by atoms with Gasteiger partial charge in [0, 0.05) is 16.9 Å². The van der Waals surface area contributed by atoms with E-state index in [1.807, 2.05) is 44.2 Å². The topological polar surface area (TPSA) is 73.4 Å². The first-order chi connectivity index (χ1) is 12.0. The van der Waals surface area contributed by atoms with Gasteiger partial charge in [0.2, 0.25) is 5.11 Å². The van der Waals surface area contributed by atoms with E-state index in [-0.39, 0.29) is 5.11 Å². The lowest BCUT2D eigenvalue weighted by atomic mass is 10.2. The zero-order valence-corrected chi connectivity index (χ0v) is 16.0. The number of anilines is 1. The number of rotatable bonds is 3. The standard InChI is InChI=1S/C16H17ClN6S2/c1-10-9-12(17)6-7-13(10)19-15(24)21-23-16(25)22-20-11(2)14-5-3-4-8-18-14/h3-9H,1-2H3,(H2,19,21,24)(H2,22,23,25)/b20-11+. The van der Waals surface area contributed by atoms with Crippen LogP contribution in [0.4, 0.5) is 5.69 Å². The number of benzene rings is 1. The average molecular weight is 393 g/mol. The van der Waals surface area contributed by atoms with Crippen molar-refractivity contribution in [3.05, 3.63) is 58.9 Å². The largest absolute Gasteiger partial charge is 0.331 e. The van der Waals surface area contributed by atoms with E-state index in [9.17, 15) is 0 Å². The van der Waals surface area contributed by atoms with Gasteiger partial charge in [0.25, 0.3) is 0 Å². The lowest BCUT2D eigenvalue weighted by Crippen LogP contribution is -2.47. The molecule has 0 saturated heterocycles. The summed E-state index contributed by atoms with van der Waals surface area (Å²) in [6.45, 7) is 3.77. The van der Waals surface area contributed by atoms with Crippen LogP contribution in [0.2, 0.25) is 5.02 Å². The van der Waals surface area contributed by atoms with Crippen LogP contribution in [-0.4, -0.2) is 20.9 Å². The maximum Gasteiger partial charge on any atom is 0.205 e. The Hall–Kier alpha value is -2.29. The van der Waals surface area contributed by atoms with Crippen molar-refractivity contribution in [1.29, 1.82) is 0 Å². The van der Waals surface area contributed by atoms with Crippen LogP contribution in [0.1, 0.15) is 18.2 Å². The molecule has 0 amide bonds. The molecule has 1 aromatic heterocycles. The molecule has 0 atom stereocenters. The molecule has 130 valence electrons. The molecule has 4 N–H and O–H groups in total. The summed E-state index contributed by atoms with van der Waals surface area (Å²) in [5.41, 5.74) is 11.6. The minimum atomic E-state index is 0.271. The highest BCUT2D eigenvalue weighted by atomic mass is 35.5. The van der Waals surface area contributed by atoms with Crippen LogP contribution in [0.15, 0.2) is 47.7 Å². The Labute approximate surface area is 162 Å². The Kier molecular flexibility index (Phi) is 7.05. The molecule has 1 aromatic carbocycles. The van der Waals surface area contributed by atoms with E-state index in [0.717, 1.165) is 16.9 Å². The van der Waals surface area contributed by atoms with E-state index in [1.165, 1.54) is 0 Å². The third kappa shape index (κ3) is 6.26. The van der Waals surface area contributed by atoms with Gasteiger partial charge in [-0.3, -0.25) is 21.3 Å². The van der Waals surface area contributed by atoms with Crippen LogP contribution in [0.25, 0.3) is 0 Å². The smallest absolute Gasteiger partial charge is 0.205 e. The molecule has 0 aliphatic rings. The molecular weight excluding hydrogens is 376 g/mol. The quantitative estimate of drug-likeness (QED) is 0.363. The van der Waals surface area contributed by atoms with E-state index in [2.05, 4.69) is 31.7 Å². The van der Waals surface area contributed by atoms with E-state index >= 15 is 0 Å². The summed E-state index contributed by atoms with van der Waals surface area (Å²) in [6, 6.07) is 11.1. The molecule has 0 spiro atoms. The van der Waals surface area contributed by atoms with Crippen molar-refractivity contribution in [2.45, 2.75) is 13.8 Å². The van der Waals surface area contributed by atoms with Gasteiger partial charge in [0.05, 0.1) is 11.4 Å². The zero-order valence-electron chi connectivity index (χ0n) is 13.6. The van der Waals surface area contributed by atoms with Crippen molar-refractivity contribution >= 4 is 57.7 Å². The maximum atomic E-state index is 5.93. The van der Waals surface area contributed by atoms with Crippen molar-refractivity contribution in [2.75, 3.05) is 5.32 Å². The minimum Gasteiger partial charge on any atom is -0.331 e. The van der Waals surface area contributed by atoms with Gasteiger partial charge in [0.1, 0.15) is 0 Å². The van der Waals surface area contributed by atoms with Crippen molar-refractivity contribution in [2.24, 2.45) is 5.10 Å². The fourth-order valence-electron chi connectivity index (χ4n) is 1.83. The first-order valence-electron chi connectivity index (χ1n) is 7.30. The van der Waals surface area contributed by atoms with Crippen molar-refractivity contribution in [1.82, 2.24) is 21.3 Å². The summed E-state index contributed by atoms with van der Waals surface area (Å²) < 4.78 is 0. The molecular formula is C16H17ClN6S2. The predicted molar refractivity (Wildman–Crippen MR) is 111 cm³/mol. The number of halogens is 1. The predicted octanol–water partition coefficient (Wildman–Crippen LogP) is 3.13. The molecule has 1 heterocycles. The highest BCUT2D eigenvalue weighted by Crippen LogP contribution is 2.19. The lowest BCUT2D eigenvalue weighted by molar-refractivity contribution is 0.834. The SMILES string of the molecule is C/C(=N\NC(=S)NNC(=S)Nc1ccc(Cl)cc1C)c1ccccn1. The van der Waals surface area contributed by atoms with Crippen LogP contribution < -0.4 is 21.6 Å². The summed E-state index contributed by atoms with van der Waals surface area (Å²) in [7, 11) is 0. The van der Waals surface area contributed by atoms with E-state index in [1.54, 1.807) is 12.3 Å². The number of pyridine rings is 1. The number of nitrogens with zero attached hydrogens (tertiary/aromatic N) is 2. The van der Waals surface area contributed by atoms with Gasteiger partial charge in [-0.1, -0.05) is 17.7 Å². The molecule has 25 heavy (non-hydrogen) atoms. The van der Waals surface area contributed by atoms with Crippen LogP contribution in [-0.2, 0) is 0 Å². The third-order valence-corrected chi connectivity index (χ3v) is 3.72. The summed E-state index contributed by atoms with van der Waals surface area (Å²) >= 11 is 16.3. The van der Waals surface area contributed by atoms with Crippen LogP contribution in [0.3, 0.4) is 0 Å². The highest BCUT2D eigenvalue weighted by molar-refractivity contribution is 7.80. The lowest BCUT2D eigenvalue weighted by Gasteiger charge is -2.14. The van der Waals surface area contributed by atoms with Crippen molar-refractivity contribution < 1.29 is 0 Å². The normalized spacial score (nSPS) is 10.8. The van der Waals surface area contributed by atoms with Crippen LogP contribution >= 0.6 is 36.0 Å². The second kappa shape index (κ2) is 9.26. The van der Waals surface area contributed by atoms with E-state index in [0.29, 0.717) is 15.8 Å². The Morgan fingerprint density at radius 1 is 1.12 bits per heavy atom. The van der Waals surface area contributed by atoms with Crippen molar-refractivity contribution in [3.63, 3.8) is 0 Å². The second-order valence-electron chi connectivity index (χ2n) is 5.02. The molecule has 0 unspecified atom stereocenters. The van der Waals surface area contributed by atoms with Gasteiger partial charge in [-0.15, -0.1) is 0 Å². The van der Waals surface area contributed by atoms with Crippen LogP contribution in [0.5, 0.6) is 0 Å². The molecule has 0 saturated carbocycles. The molecule has 0 bridgehead atoms. The number of hydrazine groups is 1. The Bertz CT molecular complexity index is 794. The summed E-state index contributed by atoms with van der Waals surface area (Å²) in [4.78, 5) is 4.20. The molecule has 0 fully saturated rings. The molecule has 2 aromatic rings. The average Bonchev–Trinajstić information content (AvgIpc) is 2.61. The van der Waals surface area contributed by atoms with Gasteiger partial charge in [-0.25, -0.2) is 0 Å². The Morgan fingerprint density at radius 2 is 1.88 bits per heavy atom. The fraction of sp³-hybridized carbons (Fsp3) is 0.125. The van der Waals surface area contributed by atoms with Gasteiger partial charge >= 0.3 is 0 Å². The number of nitrogens with one attached hydrogen (secondary N) is 4. The van der Waals surface area contributed by atoms with Gasteiger partial charge in [-0.2, -0.15) is 5.10 Å². The number of aromatic nitrogens is 1. The molecule has 6 nitrogen and oxygen atoms in total. The molecule has 0 aliphatic heterocycles. The molecule has 0 radical (unpaired) electrons. The zero-order chi connectivity index (χ0) is 18.2. The number of hydrazone groups is 1.